The Labute approximate surface area is 170 Å². The van der Waals surface area contributed by atoms with Crippen molar-refractivity contribution in [3.63, 3.8) is 0 Å². The van der Waals surface area contributed by atoms with E-state index in [1.54, 1.807) is 11.7 Å². The van der Waals surface area contributed by atoms with Gasteiger partial charge in [-0.2, -0.15) is 0 Å². The molecular weight excluding hydrogens is 376 g/mol. The van der Waals surface area contributed by atoms with Crippen LogP contribution in [0.3, 0.4) is 0 Å². The van der Waals surface area contributed by atoms with Gasteiger partial charge in [-0.3, -0.25) is 9.36 Å². The molecule has 0 aliphatic heterocycles. The van der Waals surface area contributed by atoms with Crippen LogP contribution in [0.2, 0.25) is 0 Å². The summed E-state index contributed by atoms with van der Waals surface area (Å²) in [7, 11) is 1.64. The first-order valence-corrected chi connectivity index (χ1v) is 11.5. The fourth-order valence-electron chi connectivity index (χ4n) is 6.25. The Balaban J connectivity index is 1.31. The number of methoxy groups -OCH3 is 1. The number of ether oxygens (including phenoxy) is 1. The molecule has 4 saturated carbocycles. The summed E-state index contributed by atoms with van der Waals surface area (Å²) < 4.78 is 6.63. The molecule has 0 spiro atoms. The lowest BCUT2D eigenvalue weighted by Crippen LogP contribution is -2.56. The van der Waals surface area contributed by atoms with Crippen molar-refractivity contribution in [2.24, 2.45) is 23.2 Å². The second-order valence-electron chi connectivity index (χ2n) is 9.17. The number of H-pyrrole nitrogens is 1. The number of amides is 1. The van der Waals surface area contributed by atoms with Crippen LogP contribution < -0.4 is 11.0 Å². The zero-order valence-electron chi connectivity index (χ0n) is 16.9. The van der Waals surface area contributed by atoms with Crippen LogP contribution in [0.4, 0.5) is 0 Å². The Morgan fingerprint density at radius 1 is 1.32 bits per heavy atom. The molecule has 8 heteroatoms. The molecule has 1 atom stereocenters. The zero-order valence-corrected chi connectivity index (χ0v) is 17.7. The van der Waals surface area contributed by atoms with Gasteiger partial charge in [-0.15, -0.1) is 5.10 Å². The van der Waals surface area contributed by atoms with Crippen molar-refractivity contribution in [3.05, 3.63) is 10.5 Å². The summed E-state index contributed by atoms with van der Waals surface area (Å²) in [6, 6.07) is 0.220. The number of carbonyl (C=O) groups excluding carboxylic acids is 1. The number of nitrogens with one attached hydrogen (secondary N) is 2. The van der Waals surface area contributed by atoms with Gasteiger partial charge >= 0.3 is 5.69 Å². The zero-order chi connectivity index (χ0) is 19.7. The molecule has 4 fully saturated rings. The molecule has 5 rings (SSSR count). The minimum atomic E-state index is -0.235. The Morgan fingerprint density at radius 2 is 1.96 bits per heavy atom. The SMILES string of the molecule is COCCCn1c(SCC(=O)N[C@@H](C)C23CC4CC(CC(C4)C2)C3)n[nH]c1=O. The standard InChI is InChI=1S/C20H32N4O3S/c1-13(20-9-14-6-15(10-20)8-16(7-14)11-20)21-17(25)12-28-19-23-22-18(26)24(19)4-3-5-27-2/h13-16H,3-12H2,1-2H3,(H,21,25)(H,22,26)/t13-,14?,15?,16?,20?/m0/s1. The normalized spacial score (nSPS) is 31.9. The summed E-state index contributed by atoms with van der Waals surface area (Å²) in [6.07, 6.45) is 8.82. The van der Waals surface area contributed by atoms with Crippen molar-refractivity contribution in [1.29, 1.82) is 0 Å². The Kier molecular flexibility index (Phi) is 5.88. The number of nitrogens with zero attached hydrogens (tertiary/aromatic N) is 2. The molecule has 1 aromatic rings. The number of hydrogen-bond acceptors (Lipinski definition) is 5. The third kappa shape index (κ3) is 4.03. The van der Waals surface area contributed by atoms with E-state index in [1.807, 2.05) is 0 Å². The maximum absolute atomic E-state index is 12.6. The lowest BCUT2D eigenvalue weighted by molar-refractivity contribution is -0.123. The van der Waals surface area contributed by atoms with Crippen LogP contribution >= 0.6 is 11.8 Å². The first-order valence-electron chi connectivity index (χ1n) is 10.6. The fourth-order valence-corrected chi connectivity index (χ4v) is 7.04. The first-order chi connectivity index (χ1) is 13.5. The predicted molar refractivity (Wildman–Crippen MR) is 108 cm³/mol. The number of carbonyl (C=O) groups is 1. The number of hydrogen-bond donors (Lipinski definition) is 2. The van der Waals surface area contributed by atoms with Crippen molar-refractivity contribution < 1.29 is 9.53 Å². The van der Waals surface area contributed by atoms with Crippen LogP contribution in [0.15, 0.2) is 9.95 Å². The molecule has 4 aliphatic carbocycles. The molecule has 28 heavy (non-hydrogen) atoms. The molecule has 4 bridgehead atoms. The summed E-state index contributed by atoms with van der Waals surface area (Å²) in [4.78, 5) is 24.5. The van der Waals surface area contributed by atoms with Gasteiger partial charge in [0, 0.05) is 26.3 Å². The lowest BCUT2D eigenvalue weighted by atomic mass is 9.48. The molecule has 1 amide bonds. The van der Waals surface area contributed by atoms with Gasteiger partial charge < -0.3 is 10.1 Å². The van der Waals surface area contributed by atoms with Crippen LogP contribution in [-0.2, 0) is 16.1 Å². The van der Waals surface area contributed by atoms with Gasteiger partial charge in [0.05, 0.1) is 5.75 Å². The van der Waals surface area contributed by atoms with Crippen LogP contribution in [-0.4, -0.2) is 46.2 Å². The third-order valence-electron chi connectivity index (χ3n) is 7.17. The number of aromatic nitrogens is 3. The lowest BCUT2D eigenvalue weighted by Gasteiger charge is -2.59. The van der Waals surface area contributed by atoms with E-state index in [2.05, 4.69) is 22.4 Å². The van der Waals surface area contributed by atoms with Gasteiger partial charge in [-0.25, -0.2) is 9.89 Å². The van der Waals surface area contributed by atoms with Crippen LogP contribution in [0.5, 0.6) is 0 Å². The van der Waals surface area contributed by atoms with Gasteiger partial charge in [0.25, 0.3) is 0 Å². The number of rotatable bonds is 9. The van der Waals surface area contributed by atoms with Crippen molar-refractivity contribution in [2.75, 3.05) is 19.5 Å². The molecule has 2 N–H and O–H groups in total. The molecule has 1 aromatic heterocycles. The molecular formula is C20H32N4O3S. The summed E-state index contributed by atoms with van der Waals surface area (Å²) in [5.74, 6) is 2.96. The molecule has 0 unspecified atom stereocenters. The molecule has 0 radical (unpaired) electrons. The second kappa shape index (κ2) is 8.22. The van der Waals surface area contributed by atoms with E-state index >= 15 is 0 Å². The van der Waals surface area contributed by atoms with Gasteiger partial charge in [0.1, 0.15) is 0 Å². The van der Waals surface area contributed by atoms with E-state index in [0.717, 1.165) is 24.2 Å². The van der Waals surface area contributed by atoms with Crippen LogP contribution in [0, 0.1) is 23.2 Å². The highest BCUT2D eigenvalue weighted by atomic mass is 32.2. The van der Waals surface area contributed by atoms with Gasteiger partial charge in [0.15, 0.2) is 5.16 Å². The summed E-state index contributed by atoms with van der Waals surface area (Å²) in [5.41, 5.74) is 0.0740. The molecule has 4 aliphatic rings. The van der Waals surface area contributed by atoms with Crippen molar-refractivity contribution in [1.82, 2.24) is 20.1 Å². The van der Waals surface area contributed by atoms with Gasteiger partial charge in [0.2, 0.25) is 5.91 Å². The molecule has 0 saturated heterocycles. The topological polar surface area (TPSA) is 89.0 Å². The minimum absolute atomic E-state index is 0.0344. The third-order valence-corrected chi connectivity index (χ3v) is 8.14. The van der Waals surface area contributed by atoms with E-state index in [1.165, 1.54) is 50.3 Å². The van der Waals surface area contributed by atoms with Gasteiger partial charge in [-0.05, 0) is 75.0 Å². The summed E-state index contributed by atoms with van der Waals surface area (Å²) in [6.45, 7) is 3.33. The predicted octanol–water partition coefficient (Wildman–Crippen LogP) is 2.42. The molecule has 156 valence electrons. The first kappa shape index (κ1) is 20.0. The van der Waals surface area contributed by atoms with E-state index in [9.17, 15) is 9.59 Å². The van der Waals surface area contributed by atoms with E-state index in [4.69, 9.17) is 4.74 Å². The average Bonchev–Trinajstić information content (AvgIpc) is 2.99. The maximum atomic E-state index is 12.6. The monoisotopic (exact) mass is 408 g/mol. The maximum Gasteiger partial charge on any atom is 0.343 e. The van der Waals surface area contributed by atoms with Crippen LogP contribution in [0.25, 0.3) is 0 Å². The van der Waals surface area contributed by atoms with E-state index < -0.39 is 0 Å². The highest BCUT2D eigenvalue weighted by Crippen LogP contribution is 2.61. The number of aromatic amines is 1. The Morgan fingerprint density at radius 3 is 2.57 bits per heavy atom. The highest BCUT2D eigenvalue weighted by molar-refractivity contribution is 7.99. The molecule has 1 heterocycles. The largest absolute Gasteiger partial charge is 0.385 e. The number of thioether (sulfide) groups is 1. The highest BCUT2D eigenvalue weighted by Gasteiger charge is 2.53. The van der Waals surface area contributed by atoms with Crippen molar-refractivity contribution in [3.8, 4) is 0 Å². The molecule has 0 aromatic carbocycles. The quantitative estimate of drug-likeness (QED) is 0.484. The fraction of sp³-hybridized carbons (Fsp3) is 0.850. The molecule has 7 nitrogen and oxygen atoms in total. The van der Waals surface area contributed by atoms with E-state index in [-0.39, 0.29) is 23.4 Å². The minimum Gasteiger partial charge on any atom is -0.385 e. The van der Waals surface area contributed by atoms with Crippen LogP contribution in [0.1, 0.15) is 51.9 Å². The van der Waals surface area contributed by atoms with E-state index in [0.29, 0.717) is 23.7 Å². The smallest absolute Gasteiger partial charge is 0.343 e. The average molecular weight is 409 g/mol. The summed E-state index contributed by atoms with van der Waals surface area (Å²) in [5, 5.41) is 10.4. The Bertz CT molecular complexity index is 724. The second-order valence-corrected chi connectivity index (χ2v) is 10.1. The van der Waals surface area contributed by atoms with Crippen molar-refractivity contribution in [2.45, 2.75) is 69.6 Å². The van der Waals surface area contributed by atoms with Gasteiger partial charge in [-0.1, -0.05) is 11.8 Å². The Hall–Kier alpha value is -1.28. The van der Waals surface area contributed by atoms with Crippen molar-refractivity contribution >= 4 is 17.7 Å². The summed E-state index contributed by atoms with van der Waals surface area (Å²) >= 11 is 1.32.